The predicted molar refractivity (Wildman–Crippen MR) is 87.0 cm³/mol. The van der Waals surface area contributed by atoms with Gasteiger partial charge in [-0.15, -0.1) is 0 Å². The summed E-state index contributed by atoms with van der Waals surface area (Å²) in [6.07, 6.45) is 7.39. The van der Waals surface area contributed by atoms with E-state index in [9.17, 15) is 4.79 Å². The number of hydrogen-bond acceptors (Lipinski definition) is 2. The van der Waals surface area contributed by atoms with Crippen LogP contribution in [0.25, 0.3) is 0 Å². The van der Waals surface area contributed by atoms with Gasteiger partial charge in [0.25, 0.3) is 0 Å². The van der Waals surface area contributed by atoms with Gasteiger partial charge in [-0.25, -0.2) is 0 Å². The van der Waals surface area contributed by atoms with Crippen molar-refractivity contribution in [1.29, 1.82) is 0 Å². The second kappa shape index (κ2) is 7.60. The summed E-state index contributed by atoms with van der Waals surface area (Å²) in [4.78, 5) is 14.1. The summed E-state index contributed by atoms with van der Waals surface area (Å²) >= 11 is 0. The van der Waals surface area contributed by atoms with Gasteiger partial charge in [-0.05, 0) is 49.6 Å². The molecule has 1 aromatic rings. The standard InChI is InChI=1S/C18H28N2O/c1-20(17(21)14-18(15-19)11-7-12-18)13-6-5-10-16-8-3-2-4-9-16/h2-4,8-9H,5-7,10-15,19H2,1H3. The molecule has 3 nitrogen and oxygen atoms in total. The van der Waals surface area contributed by atoms with Gasteiger partial charge in [0.15, 0.2) is 0 Å². The molecule has 116 valence electrons. The van der Waals surface area contributed by atoms with Gasteiger partial charge in [-0.1, -0.05) is 36.8 Å². The van der Waals surface area contributed by atoms with E-state index in [0.29, 0.717) is 13.0 Å². The number of nitrogens with zero attached hydrogens (tertiary/aromatic N) is 1. The van der Waals surface area contributed by atoms with Gasteiger partial charge in [-0.2, -0.15) is 0 Å². The van der Waals surface area contributed by atoms with E-state index < -0.39 is 0 Å². The van der Waals surface area contributed by atoms with Crippen molar-refractivity contribution in [1.82, 2.24) is 4.90 Å². The molecule has 21 heavy (non-hydrogen) atoms. The molecule has 0 spiro atoms. The van der Waals surface area contributed by atoms with Gasteiger partial charge in [0.2, 0.25) is 5.91 Å². The number of unbranched alkanes of at least 4 members (excludes halogenated alkanes) is 1. The van der Waals surface area contributed by atoms with E-state index in [1.54, 1.807) is 0 Å². The minimum Gasteiger partial charge on any atom is -0.346 e. The highest BCUT2D eigenvalue weighted by Crippen LogP contribution is 2.43. The van der Waals surface area contributed by atoms with Crippen molar-refractivity contribution in [3.05, 3.63) is 35.9 Å². The van der Waals surface area contributed by atoms with Gasteiger partial charge >= 0.3 is 0 Å². The fraction of sp³-hybridized carbons (Fsp3) is 0.611. The van der Waals surface area contributed by atoms with Crippen LogP contribution in [-0.2, 0) is 11.2 Å². The van der Waals surface area contributed by atoms with Crippen LogP contribution in [0, 0.1) is 5.41 Å². The highest BCUT2D eigenvalue weighted by molar-refractivity contribution is 5.76. The molecule has 1 fully saturated rings. The molecule has 1 aromatic carbocycles. The van der Waals surface area contributed by atoms with Crippen molar-refractivity contribution in [3.8, 4) is 0 Å². The van der Waals surface area contributed by atoms with Crippen molar-refractivity contribution in [2.45, 2.75) is 44.9 Å². The lowest BCUT2D eigenvalue weighted by Crippen LogP contribution is -2.42. The van der Waals surface area contributed by atoms with E-state index in [2.05, 4.69) is 24.3 Å². The average Bonchev–Trinajstić information content (AvgIpc) is 2.48. The van der Waals surface area contributed by atoms with Crippen LogP contribution in [0.5, 0.6) is 0 Å². The fourth-order valence-corrected chi connectivity index (χ4v) is 3.03. The lowest BCUT2D eigenvalue weighted by molar-refractivity contribution is -0.133. The van der Waals surface area contributed by atoms with E-state index in [1.807, 2.05) is 18.0 Å². The zero-order chi connectivity index (χ0) is 15.1. The van der Waals surface area contributed by atoms with Crippen molar-refractivity contribution in [2.75, 3.05) is 20.1 Å². The summed E-state index contributed by atoms with van der Waals surface area (Å²) in [5.41, 5.74) is 7.33. The van der Waals surface area contributed by atoms with E-state index in [-0.39, 0.29) is 11.3 Å². The van der Waals surface area contributed by atoms with Crippen LogP contribution >= 0.6 is 0 Å². The molecule has 0 unspecified atom stereocenters. The third-order valence-corrected chi connectivity index (χ3v) is 4.85. The van der Waals surface area contributed by atoms with Gasteiger partial charge in [-0.3, -0.25) is 4.79 Å². The Hall–Kier alpha value is -1.35. The minimum atomic E-state index is 0.120. The molecule has 1 aliphatic carbocycles. The van der Waals surface area contributed by atoms with Crippen LogP contribution in [0.1, 0.15) is 44.1 Å². The van der Waals surface area contributed by atoms with Crippen molar-refractivity contribution < 1.29 is 4.79 Å². The summed E-state index contributed by atoms with van der Waals surface area (Å²) in [5, 5.41) is 0. The second-order valence-corrected chi connectivity index (χ2v) is 6.49. The van der Waals surface area contributed by atoms with Crippen molar-refractivity contribution in [2.24, 2.45) is 11.1 Å². The summed E-state index contributed by atoms with van der Waals surface area (Å²) in [7, 11) is 1.92. The topological polar surface area (TPSA) is 46.3 Å². The van der Waals surface area contributed by atoms with Crippen LogP contribution in [0.4, 0.5) is 0 Å². The highest BCUT2D eigenvalue weighted by Gasteiger charge is 2.38. The monoisotopic (exact) mass is 288 g/mol. The summed E-state index contributed by atoms with van der Waals surface area (Å²) in [6, 6.07) is 10.5. The van der Waals surface area contributed by atoms with Crippen molar-refractivity contribution in [3.63, 3.8) is 0 Å². The Morgan fingerprint density at radius 1 is 1.24 bits per heavy atom. The second-order valence-electron chi connectivity index (χ2n) is 6.49. The average molecular weight is 288 g/mol. The zero-order valence-electron chi connectivity index (χ0n) is 13.2. The first-order valence-electron chi connectivity index (χ1n) is 8.13. The summed E-state index contributed by atoms with van der Waals surface area (Å²) in [6.45, 7) is 1.51. The Labute approximate surface area is 128 Å². The van der Waals surface area contributed by atoms with Gasteiger partial charge in [0.05, 0.1) is 0 Å². The minimum absolute atomic E-state index is 0.120. The van der Waals surface area contributed by atoms with Gasteiger partial charge in [0.1, 0.15) is 0 Å². The molecular weight excluding hydrogens is 260 g/mol. The Morgan fingerprint density at radius 2 is 1.95 bits per heavy atom. The zero-order valence-corrected chi connectivity index (χ0v) is 13.2. The van der Waals surface area contributed by atoms with Crippen molar-refractivity contribution >= 4 is 5.91 Å². The van der Waals surface area contributed by atoms with Crippen LogP contribution in [0.2, 0.25) is 0 Å². The molecule has 0 aromatic heterocycles. The number of aryl methyl sites for hydroxylation is 1. The smallest absolute Gasteiger partial charge is 0.222 e. The molecule has 0 bridgehead atoms. The number of rotatable bonds is 8. The molecule has 1 saturated carbocycles. The maximum absolute atomic E-state index is 12.2. The third kappa shape index (κ3) is 4.57. The number of amides is 1. The largest absolute Gasteiger partial charge is 0.346 e. The molecule has 2 N–H and O–H groups in total. The molecule has 2 rings (SSSR count). The molecule has 0 radical (unpaired) electrons. The SMILES string of the molecule is CN(CCCCc1ccccc1)C(=O)CC1(CN)CCC1. The molecule has 0 heterocycles. The number of hydrogen-bond donors (Lipinski definition) is 1. The number of nitrogens with two attached hydrogens (primary N) is 1. The summed E-state index contributed by atoms with van der Waals surface area (Å²) in [5.74, 6) is 0.264. The summed E-state index contributed by atoms with van der Waals surface area (Å²) < 4.78 is 0. The van der Waals surface area contributed by atoms with Crippen LogP contribution in [0.15, 0.2) is 30.3 Å². The first-order chi connectivity index (χ1) is 10.2. The van der Waals surface area contributed by atoms with E-state index in [1.165, 1.54) is 12.0 Å². The molecule has 1 aliphatic rings. The van der Waals surface area contributed by atoms with Gasteiger partial charge < -0.3 is 10.6 Å². The predicted octanol–water partition coefficient (Wildman–Crippen LogP) is 2.99. The maximum Gasteiger partial charge on any atom is 0.222 e. The van der Waals surface area contributed by atoms with E-state index >= 15 is 0 Å². The van der Waals surface area contributed by atoms with Crippen LogP contribution in [-0.4, -0.2) is 30.9 Å². The molecule has 0 saturated heterocycles. The lowest BCUT2D eigenvalue weighted by atomic mass is 9.66. The fourth-order valence-electron chi connectivity index (χ4n) is 3.03. The first kappa shape index (κ1) is 16.0. The maximum atomic E-state index is 12.2. The molecule has 1 amide bonds. The molecule has 3 heteroatoms. The molecule has 0 atom stereocenters. The first-order valence-corrected chi connectivity index (χ1v) is 8.13. The lowest BCUT2D eigenvalue weighted by Gasteiger charge is -2.41. The Morgan fingerprint density at radius 3 is 2.52 bits per heavy atom. The number of carbonyl (C=O) groups excluding carboxylic acids is 1. The number of benzene rings is 1. The highest BCUT2D eigenvalue weighted by atomic mass is 16.2. The van der Waals surface area contributed by atoms with Crippen LogP contribution < -0.4 is 5.73 Å². The third-order valence-electron chi connectivity index (χ3n) is 4.85. The van der Waals surface area contributed by atoms with Gasteiger partial charge in [0, 0.05) is 20.0 Å². The van der Waals surface area contributed by atoms with Crippen LogP contribution in [0.3, 0.4) is 0 Å². The Balaban J connectivity index is 1.64. The number of carbonyl (C=O) groups is 1. The Kier molecular flexibility index (Phi) is 5.80. The molecular formula is C18H28N2O. The van der Waals surface area contributed by atoms with E-state index in [4.69, 9.17) is 5.73 Å². The Bertz CT molecular complexity index is 434. The van der Waals surface area contributed by atoms with E-state index in [0.717, 1.165) is 38.6 Å². The quantitative estimate of drug-likeness (QED) is 0.748. The normalized spacial score (nSPS) is 16.3. The molecule has 0 aliphatic heterocycles.